The van der Waals surface area contributed by atoms with Gasteiger partial charge in [-0.15, -0.1) is 11.3 Å². The molecule has 0 saturated carbocycles. The van der Waals surface area contributed by atoms with Crippen molar-refractivity contribution in [3.63, 3.8) is 0 Å². The molecule has 0 amide bonds. The van der Waals surface area contributed by atoms with Crippen molar-refractivity contribution in [2.75, 3.05) is 7.05 Å². The summed E-state index contributed by atoms with van der Waals surface area (Å²) in [4.78, 5) is 0. The molecule has 0 spiro atoms. The molecule has 1 atom stereocenters. The molecule has 1 N–H and O–H groups in total. The Bertz CT molecular complexity index is 565. The van der Waals surface area contributed by atoms with Gasteiger partial charge in [0.1, 0.15) is 0 Å². The summed E-state index contributed by atoms with van der Waals surface area (Å²) in [7, 11) is 1.99. The molecule has 2 aromatic rings. The van der Waals surface area contributed by atoms with E-state index < -0.39 is 0 Å². The minimum absolute atomic E-state index is 0.194. The molecule has 0 aliphatic heterocycles. The first-order chi connectivity index (χ1) is 8.54. The minimum atomic E-state index is 0.194. The number of hydrogen-bond donors (Lipinski definition) is 1. The third kappa shape index (κ3) is 2.90. The minimum Gasteiger partial charge on any atom is -0.309 e. The topological polar surface area (TPSA) is 12.0 Å². The van der Waals surface area contributed by atoms with Crippen molar-refractivity contribution in [3.05, 3.63) is 53.0 Å². The van der Waals surface area contributed by atoms with Gasteiger partial charge in [0.25, 0.3) is 0 Å². The molecule has 0 aliphatic carbocycles. The van der Waals surface area contributed by atoms with Crippen molar-refractivity contribution in [1.29, 1.82) is 0 Å². The van der Waals surface area contributed by atoms with Gasteiger partial charge in [0.2, 0.25) is 0 Å². The first kappa shape index (κ1) is 14.7. The molecule has 2 rings (SSSR count). The zero-order valence-corrected chi connectivity index (χ0v) is 15.5. The highest BCUT2D eigenvalue weighted by atomic mass is 79.9. The molecule has 0 saturated heterocycles. The van der Waals surface area contributed by atoms with E-state index in [4.69, 9.17) is 0 Å². The number of nitrogens with one attached hydrogen (secondary N) is 1. The van der Waals surface area contributed by atoms with E-state index in [1.54, 1.807) is 11.3 Å². The standard InChI is InChI=1S/C13H12Br3NS/c1-7-8(4-3-5-10(7)14)12(17-2)9-6-11(15)18-13(9)16/h3-6,12,17H,1-2H3. The second-order valence-electron chi connectivity index (χ2n) is 3.96. The highest BCUT2D eigenvalue weighted by molar-refractivity contribution is 9.12. The average Bonchev–Trinajstić information content (AvgIpc) is 2.65. The highest BCUT2D eigenvalue weighted by Gasteiger charge is 2.19. The van der Waals surface area contributed by atoms with Crippen molar-refractivity contribution < 1.29 is 0 Å². The van der Waals surface area contributed by atoms with Crippen LogP contribution in [0, 0.1) is 6.92 Å². The molecule has 96 valence electrons. The SMILES string of the molecule is CNC(c1cc(Br)sc1Br)c1cccc(Br)c1C. The van der Waals surface area contributed by atoms with E-state index in [2.05, 4.69) is 84.3 Å². The predicted octanol–water partition coefficient (Wildman–Crippen LogP) is 5.65. The summed E-state index contributed by atoms with van der Waals surface area (Å²) in [6.45, 7) is 2.14. The van der Waals surface area contributed by atoms with Crippen molar-refractivity contribution >= 4 is 59.1 Å². The first-order valence-corrected chi connectivity index (χ1v) is 8.61. The van der Waals surface area contributed by atoms with Gasteiger partial charge in [-0.3, -0.25) is 0 Å². The van der Waals surface area contributed by atoms with E-state index in [-0.39, 0.29) is 6.04 Å². The molecule has 5 heteroatoms. The Labute approximate surface area is 136 Å². The number of hydrogen-bond acceptors (Lipinski definition) is 2. The lowest BCUT2D eigenvalue weighted by Crippen LogP contribution is -2.18. The Morgan fingerprint density at radius 3 is 2.44 bits per heavy atom. The van der Waals surface area contributed by atoms with Crippen LogP contribution in [0.4, 0.5) is 0 Å². The van der Waals surface area contributed by atoms with Crippen molar-refractivity contribution in [2.45, 2.75) is 13.0 Å². The quantitative estimate of drug-likeness (QED) is 0.633. The molecule has 0 fully saturated rings. The van der Waals surface area contributed by atoms with E-state index in [9.17, 15) is 0 Å². The Hall–Kier alpha value is 0.320. The fourth-order valence-electron chi connectivity index (χ4n) is 1.97. The monoisotopic (exact) mass is 451 g/mol. The normalized spacial score (nSPS) is 12.7. The van der Waals surface area contributed by atoms with Crippen LogP contribution >= 0.6 is 59.1 Å². The van der Waals surface area contributed by atoms with E-state index in [0.29, 0.717) is 0 Å². The summed E-state index contributed by atoms with van der Waals surface area (Å²) in [6.07, 6.45) is 0. The van der Waals surface area contributed by atoms with Crippen molar-refractivity contribution in [2.24, 2.45) is 0 Å². The molecule has 18 heavy (non-hydrogen) atoms. The van der Waals surface area contributed by atoms with Crippen LogP contribution in [0.2, 0.25) is 0 Å². The number of rotatable bonds is 3. The predicted molar refractivity (Wildman–Crippen MR) is 89.5 cm³/mol. The lowest BCUT2D eigenvalue weighted by atomic mass is 9.97. The summed E-state index contributed by atoms with van der Waals surface area (Å²) in [5.74, 6) is 0. The molecular weight excluding hydrogens is 442 g/mol. The second-order valence-corrected chi connectivity index (χ2v) is 8.56. The summed E-state index contributed by atoms with van der Waals surface area (Å²) in [5.41, 5.74) is 3.82. The second kappa shape index (κ2) is 6.18. The maximum atomic E-state index is 3.64. The van der Waals surface area contributed by atoms with Gasteiger partial charge < -0.3 is 5.32 Å². The highest BCUT2D eigenvalue weighted by Crippen LogP contribution is 2.39. The maximum absolute atomic E-state index is 3.64. The zero-order chi connectivity index (χ0) is 13.3. The molecule has 1 aromatic heterocycles. The van der Waals surface area contributed by atoms with Crippen LogP contribution in [-0.4, -0.2) is 7.05 Å². The molecule has 1 nitrogen and oxygen atoms in total. The summed E-state index contributed by atoms with van der Waals surface area (Å²) in [5, 5.41) is 3.39. The fraction of sp³-hybridized carbons (Fsp3) is 0.231. The Balaban J connectivity index is 2.52. The molecule has 0 radical (unpaired) electrons. The Morgan fingerprint density at radius 2 is 1.89 bits per heavy atom. The Kier molecular flexibility index (Phi) is 5.06. The van der Waals surface area contributed by atoms with Gasteiger partial charge in [-0.05, 0) is 74.7 Å². The van der Waals surface area contributed by atoms with Crippen LogP contribution < -0.4 is 5.32 Å². The molecule has 1 heterocycles. The third-order valence-electron chi connectivity index (χ3n) is 2.90. The molecular formula is C13H12Br3NS. The number of thiophene rings is 1. The smallest absolute Gasteiger partial charge is 0.0761 e. The van der Waals surface area contributed by atoms with Gasteiger partial charge in [0.15, 0.2) is 0 Å². The van der Waals surface area contributed by atoms with Crippen LogP contribution in [0.15, 0.2) is 36.3 Å². The largest absolute Gasteiger partial charge is 0.309 e. The molecule has 1 aromatic carbocycles. The summed E-state index contributed by atoms with van der Waals surface area (Å²) >= 11 is 12.5. The lowest BCUT2D eigenvalue weighted by Gasteiger charge is -2.19. The van der Waals surface area contributed by atoms with Gasteiger partial charge >= 0.3 is 0 Å². The first-order valence-electron chi connectivity index (χ1n) is 5.41. The van der Waals surface area contributed by atoms with E-state index in [0.717, 1.165) is 12.0 Å². The van der Waals surface area contributed by atoms with Crippen molar-refractivity contribution in [1.82, 2.24) is 5.32 Å². The van der Waals surface area contributed by atoms with Crippen LogP contribution in [0.25, 0.3) is 0 Å². The number of benzene rings is 1. The maximum Gasteiger partial charge on any atom is 0.0761 e. The van der Waals surface area contributed by atoms with Crippen LogP contribution in [0.3, 0.4) is 0 Å². The molecule has 1 unspecified atom stereocenters. The van der Waals surface area contributed by atoms with Gasteiger partial charge in [-0.1, -0.05) is 28.1 Å². The summed E-state index contributed by atoms with van der Waals surface area (Å²) in [6, 6.07) is 8.67. The van der Waals surface area contributed by atoms with Gasteiger partial charge in [0.05, 0.1) is 13.6 Å². The van der Waals surface area contributed by atoms with Gasteiger partial charge in [-0.25, -0.2) is 0 Å². The van der Waals surface area contributed by atoms with E-state index in [1.165, 1.54) is 16.7 Å². The van der Waals surface area contributed by atoms with Crippen LogP contribution in [0.5, 0.6) is 0 Å². The zero-order valence-electron chi connectivity index (χ0n) is 9.93. The third-order valence-corrected chi connectivity index (χ3v) is 6.15. The number of halogens is 3. The Morgan fingerprint density at radius 1 is 1.17 bits per heavy atom. The average molecular weight is 454 g/mol. The van der Waals surface area contributed by atoms with E-state index in [1.807, 2.05) is 7.05 Å². The van der Waals surface area contributed by atoms with E-state index >= 15 is 0 Å². The lowest BCUT2D eigenvalue weighted by molar-refractivity contribution is 0.687. The van der Waals surface area contributed by atoms with Crippen molar-refractivity contribution in [3.8, 4) is 0 Å². The van der Waals surface area contributed by atoms with Crippen LogP contribution in [-0.2, 0) is 0 Å². The fourth-order valence-corrected chi connectivity index (χ4v) is 5.25. The molecule has 0 bridgehead atoms. The summed E-state index contributed by atoms with van der Waals surface area (Å²) < 4.78 is 3.44. The molecule has 0 aliphatic rings. The van der Waals surface area contributed by atoms with Crippen LogP contribution in [0.1, 0.15) is 22.7 Å². The van der Waals surface area contributed by atoms with Gasteiger partial charge in [-0.2, -0.15) is 0 Å². The van der Waals surface area contributed by atoms with Gasteiger partial charge in [0, 0.05) is 4.47 Å².